The summed E-state index contributed by atoms with van der Waals surface area (Å²) in [6.07, 6.45) is 8.25. The van der Waals surface area contributed by atoms with Gasteiger partial charge in [-0.05, 0) is 32.0 Å². The third-order valence-corrected chi connectivity index (χ3v) is 3.21. The van der Waals surface area contributed by atoms with Crippen molar-refractivity contribution in [2.75, 3.05) is 19.6 Å². The van der Waals surface area contributed by atoms with Crippen LogP contribution in [-0.2, 0) is 0 Å². The first-order valence-electron chi connectivity index (χ1n) is 7.03. The molecule has 0 saturated carbocycles. The zero-order valence-electron chi connectivity index (χ0n) is 11.7. The summed E-state index contributed by atoms with van der Waals surface area (Å²) in [6.45, 7) is 7.26. The lowest BCUT2D eigenvalue weighted by Gasteiger charge is -2.30. The van der Waals surface area contributed by atoms with Crippen LogP contribution in [0.15, 0.2) is 18.6 Å². The second-order valence-electron chi connectivity index (χ2n) is 4.63. The number of hydrogen-bond donors (Lipinski definition) is 1. The lowest BCUT2D eigenvalue weighted by atomic mass is 10.1. The zero-order valence-corrected chi connectivity index (χ0v) is 11.7. The Morgan fingerprint density at radius 3 is 2.33 bits per heavy atom. The molecule has 102 valence electrons. The van der Waals surface area contributed by atoms with Gasteiger partial charge in [0.1, 0.15) is 6.33 Å². The van der Waals surface area contributed by atoms with Gasteiger partial charge in [-0.2, -0.15) is 0 Å². The maximum atomic E-state index is 5.95. The van der Waals surface area contributed by atoms with Crippen molar-refractivity contribution >= 4 is 0 Å². The molecular weight excluding hydrogens is 224 g/mol. The molecule has 0 fully saturated rings. The Morgan fingerprint density at radius 1 is 1.22 bits per heavy atom. The molecule has 0 aliphatic heterocycles. The molecule has 0 amide bonds. The summed E-state index contributed by atoms with van der Waals surface area (Å²) in [6, 6.07) is 2.20. The molecule has 1 rings (SSSR count). The van der Waals surface area contributed by atoms with Crippen molar-refractivity contribution in [3.63, 3.8) is 0 Å². The molecule has 1 aromatic rings. The first kappa shape index (κ1) is 15.1. The standard InChI is InChI=1S/C14H26N4/c1-3-5-9-18(10-6-4-2)14(11-15)13-7-8-16-12-17-13/h7-8,12,14H,3-6,9-11,15H2,1-2H3. The summed E-state index contributed by atoms with van der Waals surface area (Å²) in [7, 11) is 0. The van der Waals surface area contributed by atoms with Crippen LogP contribution in [0.5, 0.6) is 0 Å². The van der Waals surface area contributed by atoms with Crippen molar-refractivity contribution in [3.8, 4) is 0 Å². The van der Waals surface area contributed by atoms with Gasteiger partial charge in [0.05, 0.1) is 11.7 Å². The molecule has 0 aromatic carbocycles. The van der Waals surface area contributed by atoms with Gasteiger partial charge in [-0.25, -0.2) is 9.97 Å². The van der Waals surface area contributed by atoms with Crippen molar-refractivity contribution in [1.29, 1.82) is 0 Å². The van der Waals surface area contributed by atoms with E-state index in [-0.39, 0.29) is 6.04 Å². The third kappa shape index (κ3) is 4.70. The minimum Gasteiger partial charge on any atom is -0.329 e. The Bertz CT molecular complexity index is 294. The minimum absolute atomic E-state index is 0.228. The Hall–Kier alpha value is -1.00. The topological polar surface area (TPSA) is 55.0 Å². The summed E-state index contributed by atoms with van der Waals surface area (Å²) >= 11 is 0. The number of rotatable bonds is 9. The summed E-state index contributed by atoms with van der Waals surface area (Å²) in [4.78, 5) is 10.8. The van der Waals surface area contributed by atoms with Crippen LogP contribution < -0.4 is 5.73 Å². The minimum atomic E-state index is 0.228. The van der Waals surface area contributed by atoms with Gasteiger partial charge < -0.3 is 5.73 Å². The molecule has 0 spiro atoms. The molecule has 4 heteroatoms. The fraction of sp³-hybridized carbons (Fsp3) is 0.714. The SMILES string of the molecule is CCCCN(CCCC)C(CN)c1ccncn1. The number of nitrogens with zero attached hydrogens (tertiary/aromatic N) is 3. The van der Waals surface area contributed by atoms with Gasteiger partial charge in [0, 0.05) is 12.7 Å². The van der Waals surface area contributed by atoms with Gasteiger partial charge in [0.25, 0.3) is 0 Å². The Labute approximate surface area is 111 Å². The molecule has 4 nitrogen and oxygen atoms in total. The highest BCUT2D eigenvalue weighted by molar-refractivity contribution is 5.05. The second kappa shape index (κ2) is 9.00. The van der Waals surface area contributed by atoms with E-state index >= 15 is 0 Å². The van der Waals surface area contributed by atoms with Crippen molar-refractivity contribution in [2.45, 2.75) is 45.6 Å². The highest BCUT2D eigenvalue weighted by atomic mass is 15.2. The van der Waals surface area contributed by atoms with Crippen molar-refractivity contribution in [1.82, 2.24) is 14.9 Å². The van der Waals surface area contributed by atoms with Crippen molar-refractivity contribution in [2.24, 2.45) is 5.73 Å². The van der Waals surface area contributed by atoms with E-state index < -0.39 is 0 Å². The number of aromatic nitrogens is 2. The largest absolute Gasteiger partial charge is 0.329 e. The molecule has 1 atom stereocenters. The first-order chi connectivity index (χ1) is 8.83. The molecule has 1 heterocycles. The Morgan fingerprint density at radius 2 is 1.89 bits per heavy atom. The average Bonchev–Trinajstić information content (AvgIpc) is 2.43. The van der Waals surface area contributed by atoms with E-state index in [1.807, 2.05) is 6.07 Å². The second-order valence-corrected chi connectivity index (χ2v) is 4.63. The predicted octanol–water partition coefficient (Wildman–Crippen LogP) is 2.38. The quantitative estimate of drug-likeness (QED) is 0.731. The molecule has 0 saturated heterocycles. The summed E-state index contributed by atoms with van der Waals surface area (Å²) in [5.41, 5.74) is 6.99. The third-order valence-electron chi connectivity index (χ3n) is 3.21. The van der Waals surface area contributed by atoms with Gasteiger partial charge in [0.15, 0.2) is 0 Å². The van der Waals surface area contributed by atoms with Crippen LogP contribution in [0, 0.1) is 0 Å². The number of unbranched alkanes of at least 4 members (excludes halogenated alkanes) is 2. The van der Waals surface area contributed by atoms with Crippen LogP contribution in [-0.4, -0.2) is 34.5 Å². The van der Waals surface area contributed by atoms with E-state index in [9.17, 15) is 0 Å². The lowest BCUT2D eigenvalue weighted by Crippen LogP contribution is -2.35. The summed E-state index contributed by atoms with van der Waals surface area (Å²) in [5.74, 6) is 0. The monoisotopic (exact) mass is 250 g/mol. The maximum Gasteiger partial charge on any atom is 0.115 e. The predicted molar refractivity (Wildman–Crippen MR) is 75.2 cm³/mol. The van der Waals surface area contributed by atoms with Gasteiger partial charge in [-0.1, -0.05) is 26.7 Å². The lowest BCUT2D eigenvalue weighted by molar-refractivity contribution is 0.192. The Kier molecular flexibility index (Phi) is 7.53. The Balaban J connectivity index is 2.72. The van der Waals surface area contributed by atoms with Crippen LogP contribution in [0.1, 0.15) is 51.3 Å². The smallest absolute Gasteiger partial charge is 0.115 e. The summed E-state index contributed by atoms with van der Waals surface area (Å²) in [5, 5.41) is 0. The van der Waals surface area contributed by atoms with Gasteiger partial charge in [-0.15, -0.1) is 0 Å². The van der Waals surface area contributed by atoms with Crippen LogP contribution in [0.4, 0.5) is 0 Å². The molecule has 1 aromatic heterocycles. The van der Waals surface area contributed by atoms with E-state index in [1.165, 1.54) is 25.7 Å². The average molecular weight is 250 g/mol. The van der Waals surface area contributed by atoms with Crippen LogP contribution in [0.2, 0.25) is 0 Å². The van der Waals surface area contributed by atoms with Crippen molar-refractivity contribution < 1.29 is 0 Å². The molecular formula is C14H26N4. The van der Waals surface area contributed by atoms with E-state index in [4.69, 9.17) is 5.73 Å². The highest BCUT2D eigenvalue weighted by Gasteiger charge is 2.19. The normalized spacial score (nSPS) is 12.9. The van der Waals surface area contributed by atoms with Crippen molar-refractivity contribution in [3.05, 3.63) is 24.3 Å². The fourth-order valence-corrected chi connectivity index (χ4v) is 2.10. The van der Waals surface area contributed by atoms with Crippen LogP contribution in [0.3, 0.4) is 0 Å². The van der Waals surface area contributed by atoms with E-state index in [1.54, 1.807) is 12.5 Å². The van der Waals surface area contributed by atoms with Gasteiger partial charge >= 0.3 is 0 Å². The molecule has 0 bridgehead atoms. The van der Waals surface area contributed by atoms with E-state index in [2.05, 4.69) is 28.7 Å². The molecule has 0 aliphatic carbocycles. The van der Waals surface area contributed by atoms with Crippen LogP contribution >= 0.6 is 0 Å². The highest BCUT2D eigenvalue weighted by Crippen LogP contribution is 2.18. The summed E-state index contributed by atoms with van der Waals surface area (Å²) < 4.78 is 0. The molecule has 2 N–H and O–H groups in total. The number of hydrogen-bond acceptors (Lipinski definition) is 4. The zero-order chi connectivity index (χ0) is 13.2. The van der Waals surface area contributed by atoms with Gasteiger partial charge in [0.2, 0.25) is 0 Å². The van der Waals surface area contributed by atoms with Gasteiger partial charge in [-0.3, -0.25) is 4.90 Å². The number of nitrogens with two attached hydrogens (primary N) is 1. The molecule has 0 radical (unpaired) electrons. The molecule has 0 aliphatic rings. The van der Waals surface area contributed by atoms with Crippen LogP contribution in [0.25, 0.3) is 0 Å². The fourth-order valence-electron chi connectivity index (χ4n) is 2.10. The first-order valence-corrected chi connectivity index (χ1v) is 7.03. The van der Waals surface area contributed by atoms with E-state index in [0.29, 0.717) is 6.54 Å². The van der Waals surface area contributed by atoms with E-state index in [0.717, 1.165) is 18.8 Å². The molecule has 1 unspecified atom stereocenters. The maximum absolute atomic E-state index is 5.95. The molecule has 18 heavy (non-hydrogen) atoms.